The smallest absolute Gasteiger partial charge is 0.0139 e. The van der Waals surface area contributed by atoms with Gasteiger partial charge in [0.1, 0.15) is 0 Å². The molecule has 0 N–H and O–H groups in total. The zero-order valence-corrected chi connectivity index (χ0v) is 6.77. The Hall–Kier alpha value is -0.520. The highest BCUT2D eigenvalue weighted by atomic mass is 14.0. The van der Waals surface area contributed by atoms with E-state index >= 15 is 0 Å². The summed E-state index contributed by atoms with van der Waals surface area (Å²) in [5.41, 5.74) is 1.64. The Morgan fingerprint density at radius 2 is 2.30 bits per heavy atom. The van der Waals surface area contributed by atoms with Gasteiger partial charge in [-0.25, -0.2) is 0 Å². The van der Waals surface area contributed by atoms with Gasteiger partial charge in [-0.05, 0) is 25.7 Å². The van der Waals surface area contributed by atoms with Gasteiger partial charge in [-0.15, -0.1) is 0 Å². The van der Waals surface area contributed by atoms with Crippen LogP contribution in [0.1, 0.15) is 39.0 Å². The molecule has 0 fully saturated rings. The van der Waals surface area contributed by atoms with Crippen molar-refractivity contribution in [2.75, 3.05) is 0 Å². The average Bonchev–Trinajstić information content (AvgIpc) is 2.03. The highest BCUT2D eigenvalue weighted by molar-refractivity contribution is 5.14. The Labute approximate surface area is 63.6 Å². The van der Waals surface area contributed by atoms with Crippen molar-refractivity contribution < 1.29 is 0 Å². The summed E-state index contributed by atoms with van der Waals surface area (Å²) >= 11 is 0. The maximum atomic E-state index is 2.37. The summed E-state index contributed by atoms with van der Waals surface area (Å²) in [6.45, 7) is 2.25. The highest BCUT2D eigenvalue weighted by Crippen LogP contribution is 2.16. The van der Waals surface area contributed by atoms with Gasteiger partial charge in [0.15, 0.2) is 0 Å². The van der Waals surface area contributed by atoms with Crippen LogP contribution in [-0.2, 0) is 0 Å². The molecule has 0 saturated heterocycles. The van der Waals surface area contributed by atoms with E-state index in [2.05, 4.69) is 25.2 Å². The lowest BCUT2D eigenvalue weighted by Crippen LogP contribution is -1.86. The van der Waals surface area contributed by atoms with Crippen molar-refractivity contribution in [3.63, 3.8) is 0 Å². The summed E-state index contributed by atoms with van der Waals surface area (Å²) in [6.07, 6.45) is 13.3. The summed E-state index contributed by atoms with van der Waals surface area (Å²) in [5, 5.41) is 0. The molecule has 0 nitrogen and oxygen atoms in total. The first-order valence-corrected chi connectivity index (χ1v) is 4.26. The van der Waals surface area contributed by atoms with Crippen LogP contribution in [0.4, 0.5) is 0 Å². The SMILES string of the molecule is CCCCC1=CCC=CC1. The molecule has 0 bridgehead atoms. The van der Waals surface area contributed by atoms with E-state index in [0.717, 1.165) is 0 Å². The number of hydrogen-bond acceptors (Lipinski definition) is 0. The minimum Gasteiger partial charge on any atom is -0.0844 e. The van der Waals surface area contributed by atoms with Gasteiger partial charge in [-0.1, -0.05) is 37.1 Å². The Morgan fingerprint density at radius 3 is 2.90 bits per heavy atom. The molecule has 0 amide bonds. The number of rotatable bonds is 3. The number of unbranched alkanes of at least 4 members (excludes halogenated alkanes) is 1. The van der Waals surface area contributed by atoms with E-state index < -0.39 is 0 Å². The molecule has 0 atom stereocenters. The number of hydrogen-bond donors (Lipinski definition) is 0. The largest absolute Gasteiger partial charge is 0.0844 e. The topological polar surface area (TPSA) is 0 Å². The van der Waals surface area contributed by atoms with Crippen LogP contribution in [0, 0.1) is 0 Å². The van der Waals surface area contributed by atoms with Crippen LogP contribution in [-0.4, -0.2) is 0 Å². The molecular weight excluding hydrogens is 120 g/mol. The molecule has 0 heterocycles. The average molecular weight is 136 g/mol. The molecule has 1 aliphatic carbocycles. The van der Waals surface area contributed by atoms with E-state index in [0.29, 0.717) is 0 Å². The van der Waals surface area contributed by atoms with Crippen molar-refractivity contribution in [3.05, 3.63) is 23.8 Å². The Kier molecular flexibility index (Phi) is 3.28. The minimum atomic E-state index is 1.17. The van der Waals surface area contributed by atoms with E-state index in [9.17, 15) is 0 Å². The van der Waals surface area contributed by atoms with Crippen molar-refractivity contribution in [2.24, 2.45) is 0 Å². The van der Waals surface area contributed by atoms with Crippen molar-refractivity contribution in [1.29, 1.82) is 0 Å². The molecular formula is C10H16. The van der Waals surface area contributed by atoms with Crippen molar-refractivity contribution in [3.8, 4) is 0 Å². The van der Waals surface area contributed by atoms with Gasteiger partial charge < -0.3 is 0 Å². The number of allylic oxidation sites excluding steroid dienone is 4. The molecule has 0 unspecified atom stereocenters. The molecule has 0 spiro atoms. The van der Waals surface area contributed by atoms with Crippen molar-refractivity contribution >= 4 is 0 Å². The van der Waals surface area contributed by atoms with E-state index in [1.807, 2.05) is 0 Å². The van der Waals surface area contributed by atoms with E-state index in [-0.39, 0.29) is 0 Å². The first-order valence-electron chi connectivity index (χ1n) is 4.26. The third-order valence-corrected chi connectivity index (χ3v) is 1.94. The predicted molar refractivity (Wildman–Crippen MR) is 46.0 cm³/mol. The molecule has 0 aliphatic heterocycles. The molecule has 1 rings (SSSR count). The second-order valence-electron chi connectivity index (χ2n) is 2.88. The van der Waals surface area contributed by atoms with E-state index in [4.69, 9.17) is 0 Å². The Morgan fingerprint density at radius 1 is 1.40 bits per heavy atom. The lowest BCUT2D eigenvalue weighted by Gasteiger charge is -2.06. The zero-order valence-electron chi connectivity index (χ0n) is 6.77. The second kappa shape index (κ2) is 4.32. The fraction of sp³-hybridized carbons (Fsp3) is 0.600. The van der Waals surface area contributed by atoms with E-state index in [1.165, 1.54) is 32.1 Å². The first-order chi connectivity index (χ1) is 4.93. The maximum Gasteiger partial charge on any atom is -0.0139 e. The monoisotopic (exact) mass is 136 g/mol. The Balaban J connectivity index is 2.21. The lowest BCUT2D eigenvalue weighted by molar-refractivity contribution is 0.769. The normalized spacial score (nSPS) is 17.1. The van der Waals surface area contributed by atoms with Crippen LogP contribution in [0.15, 0.2) is 23.8 Å². The fourth-order valence-electron chi connectivity index (χ4n) is 1.26. The third-order valence-electron chi connectivity index (χ3n) is 1.94. The van der Waals surface area contributed by atoms with Gasteiger partial charge in [0.25, 0.3) is 0 Å². The molecule has 10 heavy (non-hydrogen) atoms. The molecule has 56 valence electrons. The van der Waals surface area contributed by atoms with Gasteiger partial charge in [0.05, 0.1) is 0 Å². The minimum absolute atomic E-state index is 1.17. The lowest BCUT2D eigenvalue weighted by atomic mass is 10.0. The van der Waals surface area contributed by atoms with Crippen LogP contribution < -0.4 is 0 Å². The van der Waals surface area contributed by atoms with Crippen LogP contribution in [0.5, 0.6) is 0 Å². The van der Waals surface area contributed by atoms with Gasteiger partial charge >= 0.3 is 0 Å². The van der Waals surface area contributed by atoms with Crippen molar-refractivity contribution in [2.45, 2.75) is 39.0 Å². The van der Waals surface area contributed by atoms with Crippen molar-refractivity contribution in [1.82, 2.24) is 0 Å². The molecule has 1 aliphatic rings. The molecule has 0 aromatic rings. The fourth-order valence-corrected chi connectivity index (χ4v) is 1.26. The maximum absolute atomic E-state index is 2.37. The van der Waals surface area contributed by atoms with Gasteiger partial charge in [-0.2, -0.15) is 0 Å². The molecule has 0 heteroatoms. The molecule has 0 aromatic carbocycles. The third kappa shape index (κ3) is 2.38. The standard InChI is InChI=1S/C10H16/c1-2-3-7-10-8-5-4-6-9-10/h4-5,9H,2-3,6-8H2,1H3. The summed E-state index contributed by atoms with van der Waals surface area (Å²) in [6, 6.07) is 0. The van der Waals surface area contributed by atoms with Gasteiger partial charge in [-0.3, -0.25) is 0 Å². The van der Waals surface area contributed by atoms with E-state index in [1.54, 1.807) is 5.57 Å². The van der Waals surface area contributed by atoms with Gasteiger partial charge in [0.2, 0.25) is 0 Å². The summed E-state index contributed by atoms with van der Waals surface area (Å²) in [4.78, 5) is 0. The van der Waals surface area contributed by atoms with Gasteiger partial charge in [0, 0.05) is 0 Å². The summed E-state index contributed by atoms with van der Waals surface area (Å²) in [7, 11) is 0. The molecule has 0 aromatic heterocycles. The predicted octanol–water partition coefficient (Wildman–Crippen LogP) is 3.45. The van der Waals surface area contributed by atoms with Crippen LogP contribution in [0.2, 0.25) is 0 Å². The second-order valence-corrected chi connectivity index (χ2v) is 2.88. The quantitative estimate of drug-likeness (QED) is 0.521. The summed E-state index contributed by atoms with van der Waals surface area (Å²) < 4.78 is 0. The zero-order chi connectivity index (χ0) is 7.23. The molecule has 0 saturated carbocycles. The highest BCUT2D eigenvalue weighted by Gasteiger charge is 1.96. The molecule has 0 radical (unpaired) electrons. The van der Waals surface area contributed by atoms with Crippen LogP contribution in [0.25, 0.3) is 0 Å². The van der Waals surface area contributed by atoms with Crippen LogP contribution >= 0.6 is 0 Å². The first kappa shape index (κ1) is 7.59. The van der Waals surface area contributed by atoms with Crippen LogP contribution in [0.3, 0.4) is 0 Å². The Bertz CT molecular complexity index is 140. The summed E-state index contributed by atoms with van der Waals surface area (Å²) in [5.74, 6) is 0.